The molecule has 0 aliphatic carbocycles. The van der Waals surface area contributed by atoms with Gasteiger partial charge in [0.15, 0.2) is 0 Å². The van der Waals surface area contributed by atoms with Crippen LogP contribution in [0.3, 0.4) is 0 Å². The molecular formula is C14H28N2O. The first-order valence-electron chi connectivity index (χ1n) is 7.44. The average Bonchev–Trinajstić information content (AvgIpc) is 2.41. The number of ether oxygens (including phenoxy) is 1. The van der Waals surface area contributed by atoms with E-state index in [9.17, 15) is 0 Å². The van der Waals surface area contributed by atoms with Gasteiger partial charge in [0.05, 0.1) is 0 Å². The van der Waals surface area contributed by atoms with Gasteiger partial charge in [-0.1, -0.05) is 19.8 Å². The maximum Gasteiger partial charge on any atom is 0.0480 e. The molecule has 2 fully saturated rings. The lowest BCUT2D eigenvalue weighted by atomic mass is 10.1. The van der Waals surface area contributed by atoms with Crippen molar-refractivity contribution in [3.8, 4) is 0 Å². The Morgan fingerprint density at radius 3 is 2.35 bits per heavy atom. The van der Waals surface area contributed by atoms with Gasteiger partial charge < -0.3 is 9.64 Å². The highest BCUT2D eigenvalue weighted by Gasteiger charge is 2.24. The van der Waals surface area contributed by atoms with Crippen molar-refractivity contribution in [1.82, 2.24) is 9.80 Å². The molecule has 0 saturated carbocycles. The summed E-state index contributed by atoms with van der Waals surface area (Å²) >= 11 is 0. The van der Waals surface area contributed by atoms with Crippen molar-refractivity contribution in [2.24, 2.45) is 0 Å². The highest BCUT2D eigenvalue weighted by atomic mass is 16.5. The van der Waals surface area contributed by atoms with Gasteiger partial charge in [-0.3, -0.25) is 4.90 Å². The molecule has 0 aromatic carbocycles. The Morgan fingerprint density at radius 1 is 1.00 bits per heavy atom. The highest BCUT2D eigenvalue weighted by molar-refractivity contribution is 4.80. The van der Waals surface area contributed by atoms with Crippen LogP contribution in [-0.2, 0) is 4.74 Å². The first-order valence-corrected chi connectivity index (χ1v) is 7.44. The Bertz CT molecular complexity index is 196. The summed E-state index contributed by atoms with van der Waals surface area (Å²) in [7, 11) is 0. The van der Waals surface area contributed by atoms with Crippen molar-refractivity contribution in [3.63, 3.8) is 0 Å². The number of piperazine rings is 1. The zero-order valence-corrected chi connectivity index (χ0v) is 11.4. The molecule has 0 atom stereocenters. The molecule has 2 saturated heterocycles. The lowest BCUT2D eigenvalue weighted by molar-refractivity contribution is 0.0136. The monoisotopic (exact) mass is 240 g/mol. The Kier molecular flexibility index (Phi) is 5.75. The van der Waals surface area contributed by atoms with Gasteiger partial charge in [0.2, 0.25) is 0 Å². The van der Waals surface area contributed by atoms with Crippen LogP contribution in [0.5, 0.6) is 0 Å². The first kappa shape index (κ1) is 13.3. The van der Waals surface area contributed by atoms with Crippen molar-refractivity contribution < 1.29 is 4.74 Å². The van der Waals surface area contributed by atoms with Gasteiger partial charge in [-0.2, -0.15) is 0 Å². The van der Waals surface area contributed by atoms with Gasteiger partial charge in [-0.05, 0) is 25.8 Å². The van der Waals surface area contributed by atoms with Crippen molar-refractivity contribution in [1.29, 1.82) is 0 Å². The van der Waals surface area contributed by atoms with E-state index in [0.29, 0.717) is 0 Å². The molecule has 2 rings (SSSR count). The van der Waals surface area contributed by atoms with E-state index in [0.717, 1.165) is 19.3 Å². The van der Waals surface area contributed by atoms with Crippen molar-refractivity contribution in [2.45, 2.75) is 45.1 Å². The number of unbranched alkanes of at least 4 members (excludes halogenated alkanes) is 2. The van der Waals surface area contributed by atoms with Crippen LogP contribution in [0.25, 0.3) is 0 Å². The molecule has 17 heavy (non-hydrogen) atoms. The summed E-state index contributed by atoms with van der Waals surface area (Å²) in [6, 6.07) is 0.807. The smallest absolute Gasteiger partial charge is 0.0480 e. The quantitative estimate of drug-likeness (QED) is 0.683. The summed E-state index contributed by atoms with van der Waals surface area (Å²) in [5, 5.41) is 0. The second-order valence-electron chi connectivity index (χ2n) is 5.43. The van der Waals surface area contributed by atoms with Gasteiger partial charge in [0.1, 0.15) is 0 Å². The highest BCUT2D eigenvalue weighted by Crippen LogP contribution is 2.16. The predicted molar refractivity (Wildman–Crippen MR) is 71.4 cm³/mol. The average molecular weight is 240 g/mol. The largest absolute Gasteiger partial charge is 0.381 e. The zero-order valence-electron chi connectivity index (χ0n) is 11.4. The third-order valence-electron chi connectivity index (χ3n) is 4.19. The summed E-state index contributed by atoms with van der Waals surface area (Å²) in [5.74, 6) is 0. The molecule has 0 bridgehead atoms. The molecule has 3 heteroatoms. The molecule has 2 heterocycles. The second kappa shape index (κ2) is 7.34. The SMILES string of the molecule is CCCCCN1CCN(C2CCOCC2)CC1. The van der Waals surface area contributed by atoms with Crippen LogP contribution >= 0.6 is 0 Å². The fourth-order valence-corrected chi connectivity index (χ4v) is 2.99. The zero-order chi connectivity index (χ0) is 11.9. The Hall–Kier alpha value is -0.120. The van der Waals surface area contributed by atoms with E-state index in [-0.39, 0.29) is 0 Å². The molecule has 0 unspecified atom stereocenters. The lowest BCUT2D eigenvalue weighted by Crippen LogP contribution is -2.51. The maximum atomic E-state index is 5.44. The minimum Gasteiger partial charge on any atom is -0.381 e. The van der Waals surface area contributed by atoms with Crippen molar-refractivity contribution in [3.05, 3.63) is 0 Å². The Morgan fingerprint density at radius 2 is 1.71 bits per heavy atom. The topological polar surface area (TPSA) is 15.7 Å². The van der Waals surface area contributed by atoms with E-state index in [1.807, 2.05) is 0 Å². The van der Waals surface area contributed by atoms with E-state index in [1.54, 1.807) is 0 Å². The van der Waals surface area contributed by atoms with Crippen LogP contribution in [0.15, 0.2) is 0 Å². The van der Waals surface area contributed by atoms with Crippen LogP contribution in [0.2, 0.25) is 0 Å². The summed E-state index contributed by atoms with van der Waals surface area (Å²) < 4.78 is 5.44. The van der Waals surface area contributed by atoms with Crippen LogP contribution in [-0.4, -0.2) is 61.8 Å². The van der Waals surface area contributed by atoms with Crippen LogP contribution in [0.4, 0.5) is 0 Å². The number of hydrogen-bond acceptors (Lipinski definition) is 3. The Balaban J connectivity index is 1.63. The molecule has 0 aromatic rings. The van der Waals surface area contributed by atoms with Gasteiger partial charge in [-0.15, -0.1) is 0 Å². The number of nitrogens with zero attached hydrogens (tertiary/aromatic N) is 2. The fraction of sp³-hybridized carbons (Fsp3) is 1.00. The van der Waals surface area contributed by atoms with E-state index < -0.39 is 0 Å². The summed E-state index contributed by atoms with van der Waals surface area (Å²) in [6.45, 7) is 10.6. The predicted octanol–water partition coefficient (Wildman–Crippen LogP) is 1.97. The molecule has 2 aliphatic heterocycles. The van der Waals surface area contributed by atoms with Crippen molar-refractivity contribution in [2.75, 3.05) is 45.9 Å². The lowest BCUT2D eigenvalue weighted by Gasteiger charge is -2.40. The number of hydrogen-bond donors (Lipinski definition) is 0. The minimum atomic E-state index is 0.807. The maximum absolute atomic E-state index is 5.44. The summed E-state index contributed by atoms with van der Waals surface area (Å²) in [5.41, 5.74) is 0. The van der Waals surface area contributed by atoms with Gasteiger partial charge in [0, 0.05) is 45.4 Å². The minimum absolute atomic E-state index is 0.807. The second-order valence-corrected chi connectivity index (χ2v) is 5.43. The summed E-state index contributed by atoms with van der Waals surface area (Å²) in [4.78, 5) is 5.34. The standard InChI is InChI=1S/C14H28N2O/c1-2-3-4-7-15-8-10-16(11-9-15)14-5-12-17-13-6-14/h14H,2-13H2,1H3. The normalized spacial score (nSPS) is 25.2. The molecule has 2 aliphatic rings. The van der Waals surface area contributed by atoms with E-state index in [2.05, 4.69) is 16.7 Å². The van der Waals surface area contributed by atoms with Crippen LogP contribution in [0, 0.1) is 0 Å². The van der Waals surface area contributed by atoms with Crippen LogP contribution < -0.4 is 0 Å². The first-order chi connectivity index (χ1) is 8.40. The van der Waals surface area contributed by atoms with Crippen molar-refractivity contribution >= 4 is 0 Å². The van der Waals surface area contributed by atoms with E-state index in [4.69, 9.17) is 4.74 Å². The molecule has 3 nitrogen and oxygen atoms in total. The van der Waals surface area contributed by atoms with Crippen LogP contribution in [0.1, 0.15) is 39.0 Å². The molecule has 0 radical (unpaired) electrons. The molecule has 0 spiro atoms. The Labute approximate surface area is 106 Å². The molecular weight excluding hydrogens is 212 g/mol. The van der Waals surface area contributed by atoms with E-state index in [1.165, 1.54) is 64.8 Å². The third kappa shape index (κ3) is 4.23. The van der Waals surface area contributed by atoms with E-state index >= 15 is 0 Å². The number of rotatable bonds is 5. The fourth-order valence-electron chi connectivity index (χ4n) is 2.99. The van der Waals surface area contributed by atoms with Gasteiger partial charge >= 0.3 is 0 Å². The molecule has 0 N–H and O–H groups in total. The van der Waals surface area contributed by atoms with Gasteiger partial charge in [-0.25, -0.2) is 0 Å². The van der Waals surface area contributed by atoms with Gasteiger partial charge in [0.25, 0.3) is 0 Å². The summed E-state index contributed by atoms with van der Waals surface area (Å²) in [6.07, 6.45) is 6.60. The third-order valence-corrected chi connectivity index (χ3v) is 4.19. The molecule has 0 aromatic heterocycles. The molecule has 0 amide bonds. The molecule has 100 valence electrons.